The van der Waals surface area contributed by atoms with Crippen LogP contribution in [0.3, 0.4) is 0 Å². The molecular weight excluding hydrogens is 312 g/mol. The lowest BCUT2D eigenvalue weighted by Gasteiger charge is -2.43. The zero-order valence-corrected chi connectivity index (χ0v) is 13.9. The SMILES string of the molecule is Cc1ccc(CN2C[C@@H]3CN(S(=O)(=O)c4ccccc4)C[C@@H]32)o1. The molecule has 2 aliphatic rings. The minimum Gasteiger partial charge on any atom is -0.465 e. The Hall–Kier alpha value is -1.63. The van der Waals surface area contributed by atoms with Gasteiger partial charge >= 0.3 is 0 Å². The Morgan fingerprint density at radius 2 is 1.87 bits per heavy atom. The lowest BCUT2D eigenvalue weighted by Crippen LogP contribution is -2.54. The van der Waals surface area contributed by atoms with Crippen molar-refractivity contribution in [3.05, 3.63) is 54.0 Å². The topological polar surface area (TPSA) is 53.8 Å². The molecule has 122 valence electrons. The van der Waals surface area contributed by atoms with Crippen LogP contribution in [0.25, 0.3) is 0 Å². The number of aryl methyl sites for hydroxylation is 1. The monoisotopic (exact) mass is 332 g/mol. The highest BCUT2D eigenvalue weighted by atomic mass is 32.2. The van der Waals surface area contributed by atoms with Crippen LogP contribution in [0.4, 0.5) is 0 Å². The van der Waals surface area contributed by atoms with Gasteiger partial charge in [-0.1, -0.05) is 18.2 Å². The Labute approximate surface area is 136 Å². The number of hydrogen-bond donors (Lipinski definition) is 0. The molecule has 5 nitrogen and oxygen atoms in total. The molecule has 2 aromatic rings. The summed E-state index contributed by atoms with van der Waals surface area (Å²) < 4.78 is 32.7. The van der Waals surface area contributed by atoms with Crippen molar-refractivity contribution in [1.29, 1.82) is 0 Å². The van der Waals surface area contributed by atoms with Crippen molar-refractivity contribution in [2.45, 2.75) is 24.4 Å². The molecule has 0 spiro atoms. The molecule has 6 heteroatoms. The van der Waals surface area contributed by atoms with Crippen LogP contribution in [0.1, 0.15) is 11.5 Å². The van der Waals surface area contributed by atoms with Gasteiger partial charge in [-0.3, -0.25) is 4.90 Å². The van der Waals surface area contributed by atoms with Crippen molar-refractivity contribution in [1.82, 2.24) is 9.21 Å². The Morgan fingerprint density at radius 3 is 2.57 bits per heavy atom. The van der Waals surface area contributed by atoms with Crippen molar-refractivity contribution in [3.63, 3.8) is 0 Å². The molecule has 1 aromatic heterocycles. The summed E-state index contributed by atoms with van der Waals surface area (Å²) in [5, 5.41) is 0. The van der Waals surface area contributed by atoms with Crippen LogP contribution >= 0.6 is 0 Å². The fourth-order valence-corrected chi connectivity index (χ4v) is 5.13. The van der Waals surface area contributed by atoms with E-state index in [0.29, 0.717) is 29.9 Å². The number of furan rings is 1. The van der Waals surface area contributed by atoms with E-state index in [2.05, 4.69) is 4.90 Å². The third-order valence-electron chi connectivity index (χ3n) is 4.85. The van der Waals surface area contributed by atoms with Gasteiger partial charge in [-0.15, -0.1) is 0 Å². The van der Waals surface area contributed by atoms with Crippen molar-refractivity contribution in [2.24, 2.45) is 5.92 Å². The second kappa shape index (κ2) is 5.47. The molecule has 0 amide bonds. The molecule has 0 N–H and O–H groups in total. The van der Waals surface area contributed by atoms with E-state index >= 15 is 0 Å². The molecule has 2 aliphatic heterocycles. The van der Waals surface area contributed by atoms with Gasteiger partial charge in [-0.2, -0.15) is 4.31 Å². The second-order valence-corrected chi connectivity index (χ2v) is 8.34. The smallest absolute Gasteiger partial charge is 0.243 e. The fraction of sp³-hybridized carbons (Fsp3) is 0.412. The summed E-state index contributed by atoms with van der Waals surface area (Å²) in [7, 11) is -3.37. The zero-order valence-electron chi connectivity index (χ0n) is 13.1. The number of hydrogen-bond acceptors (Lipinski definition) is 4. The Morgan fingerprint density at radius 1 is 1.09 bits per heavy atom. The number of nitrogens with zero attached hydrogens (tertiary/aromatic N) is 2. The normalized spacial score (nSPS) is 25.3. The highest BCUT2D eigenvalue weighted by molar-refractivity contribution is 7.89. The maximum absolute atomic E-state index is 12.7. The first-order chi connectivity index (χ1) is 11.0. The quantitative estimate of drug-likeness (QED) is 0.860. The van der Waals surface area contributed by atoms with E-state index in [0.717, 1.165) is 24.6 Å². The zero-order chi connectivity index (χ0) is 16.0. The number of fused-ring (bicyclic) bond motifs is 1. The minimum atomic E-state index is -3.37. The molecule has 2 fully saturated rings. The van der Waals surface area contributed by atoms with Crippen molar-refractivity contribution >= 4 is 10.0 Å². The summed E-state index contributed by atoms with van der Waals surface area (Å²) in [6, 6.07) is 13.0. The van der Waals surface area contributed by atoms with Crippen LogP contribution < -0.4 is 0 Å². The van der Waals surface area contributed by atoms with Gasteiger partial charge in [0.1, 0.15) is 11.5 Å². The van der Waals surface area contributed by atoms with Crippen LogP contribution in [0.5, 0.6) is 0 Å². The molecule has 0 radical (unpaired) electrons. The highest BCUT2D eigenvalue weighted by Gasteiger charge is 2.48. The number of sulfonamides is 1. The Kier molecular flexibility index (Phi) is 3.55. The molecule has 0 aliphatic carbocycles. The van der Waals surface area contributed by atoms with E-state index in [4.69, 9.17) is 4.42 Å². The summed E-state index contributed by atoms with van der Waals surface area (Å²) >= 11 is 0. The van der Waals surface area contributed by atoms with Gasteiger partial charge in [-0.25, -0.2) is 8.42 Å². The van der Waals surface area contributed by atoms with Gasteiger partial charge in [0.15, 0.2) is 0 Å². The average Bonchev–Trinajstić information content (AvgIpc) is 3.09. The van der Waals surface area contributed by atoms with Crippen molar-refractivity contribution in [2.75, 3.05) is 19.6 Å². The molecule has 3 heterocycles. The molecule has 0 unspecified atom stereocenters. The van der Waals surface area contributed by atoms with E-state index in [-0.39, 0.29) is 0 Å². The third kappa shape index (κ3) is 2.60. The molecule has 23 heavy (non-hydrogen) atoms. The summed E-state index contributed by atoms with van der Waals surface area (Å²) in [4.78, 5) is 2.69. The number of benzene rings is 1. The van der Waals surface area contributed by atoms with Gasteiger partial charge in [0, 0.05) is 31.6 Å². The summed E-state index contributed by atoms with van der Waals surface area (Å²) in [5.41, 5.74) is 0. The predicted octanol–water partition coefficient (Wildman–Crippen LogP) is 2.09. The highest BCUT2D eigenvalue weighted by Crippen LogP contribution is 2.36. The van der Waals surface area contributed by atoms with Crippen LogP contribution in [0.2, 0.25) is 0 Å². The third-order valence-corrected chi connectivity index (χ3v) is 6.69. The first-order valence-corrected chi connectivity index (χ1v) is 9.32. The molecule has 2 atom stereocenters. The van der Waals surface area contributed by atoms with Gasteiger partial charge in [0.05, 0.1) is 11.4 Å². The fourth-order valence-electron chi connectivity index (χ4n) is 3.60. The van der Waals surface area contributed by atoms with E-state index in [1.807, 2.05) is 25.1 Å². The summed E-state index contributed by atoms with van der Waals surface area (Å²) in [6.07, 6.45) is 0. The molecule has 4 rings (SSSR count). The largest absolute Gasteiger partial charge is 0.465 e. The van der Waals surface area contributed by atoms with Gasteiger partial charge in [0.25, 0.3) is 0 Å². The lowest BCUT2D eigenvalue weighted by molar-refractivity contribution is 0.0369. The maximum Gasteiger partial charge on any atom is 0.243 e. The van der Waals surface area contributed by atoms with Crippen LogP contribution in [-0.2, 0) is 16.6 Å². The standard InChI is InChI=1S/C17H20N2O3S/c1-13-7-8-15(22-13)11-18-9-14-10-19(12-17(14)18)23(20,21)16-5-3-2-4-6-16/h2-8,14,17H,9-12H2,1H3/t14-,17+/m1/s1. The van der Waals surface area contributed by atoms with E-state index in [9.17, 15) is 8.42 Å². The second-order valence-electron chi connectivity index (χ2n) is 6.40. The molecule has 0 bridgehead atoms. The van der Waals surface area contributed by atoms with Crippen LogP contribution in [0, 0.1) is 12.8 Å². The van der Waals surface area contributed by atoms with Crippen LogP contribution in [-0.4, -0.2) is 43.3 Å². The summed E-state index contributed by atoms with van der Waals surface area (Å²) in [5.74, 6) is 2.30. The first kappa shape index (κ1) is 14.9. The Balaban J connectivity index is 1.46. The number of likely N-dealkylation sites (tertiary alicyclic amines) is 1. The minimum absolute atomic E-state index is 0.305. The summed E-state index contributed by atoms with van der Waals surface area (Å²) in [6.45, 7) is 4.82. The Bertz CT molecular complexity index is 800. The van der Waals surface area contributed by atoms with Gasteiger partial charge in [0.2, 0.25) is 10.0 Å². The molecule has 0 saturated carbocycles. The number of rotatable bonds is 4. The maximum atomic E-state index is 12.7. The van der Waals surface area contributed by atoms with Gasteiger partial charge in [-0.05, 0) is 31.2 Å². The van der Waals surface area contributed by atoms with E-state index < -0.39 is 10.0 Å². The molecule has 2 saturated heterocycles. The molecular formula is C17H20N2O3S. The first-order valence-electron chi connectivity index (χ1n) is 7.88. The van der Waals surface area contributed by atoms with E-state index in [1.54, 1.807) is 28.6 Å². The average molecular weight is 332 g/mol. The van der Waals surface area contributed by atoms with Crippen molar-refractivity contribution < 1.29 is 12.8 Å². The van der Waals surface area contributed by atoms with E-state index in [1.165, 1.54) is 0 Å². The molecule has 1 aromatic carbocycles. The van der Waals surface area contributed by atoms with Gasteiger partial charge < -0.3 is 4.42 Å². The van der Waals surface area contributed by atoms with Crippen LogP contribution in [0.15, 0.2) is 51.8 Å². The predicted molar refractivity (Wildman–Crippen MR) is 86.3 cm³/mol. The lowest BCUT2D eigenvalue weighted by atomic mass is 9.92. The van der Waals surface area contributed by atoms with Crippen molar-refractivity contribution in [3.8, 4) is 0 Å².